The second-order valence-electron chi connectivity index (χ2n) is 7.68. The van der Waals surface area contributed by atoms with Crippen LogP contribution < -0.4 is 24.4 Å². The molecule has 0 radical (unpaired) electrons. The highest BCUT2D eigenvalue weighted by molar-refractivity contribution is 6.03. The van der Waals surface area contributed by atoms with E-state index in [0.717, 1.165) is 47.6 Å². The Labute approximate surface area is 197 Å². The smallest absolute Gasteiger partial charge is 0.318 e. The van der Waals surface area contributed by atoms with Crippen molar-refractivity contribution < 1.29 is 18.9 Å². The van der Waals surface area contributed by atoms with Gasteiger partial charge in [-0.25, -0.2) is 9.98 Å². The van der Waals surface area contributed by atoms with Crippen LogP contribution in [0.5, 0.6) is 17.6 Å². The van der Waals surface area contributed by atoms with E-state index in [9.17, 15) is 0 Å². The number of nitrogens with one attached hydrogen (secondary N) is 1. The summed E-state index contributed by atoms with van der Waals surface area (Å²) in [7, 11) is 1.65. The van der Waals surface area contributed by atoms with Gasteiger partial charge in [0.25, 0.3) is 0 Å². The van der Waals surface area contributed by atoms with E-state index in [0.29, 0.717) is 44.7 Å². The van der Waals surface area contributed by atoms with Crippen LogP contribution in [0.25, 0.3) is 0 Å². The zero-order valence-electron chi connectivity index (χ0n) is 18.9. The first-order chi connectivity index (χ1) is 16.8. The summed E-state index contributed by atoms with van der Waals surface area (Å²) in [6, 6.07) is 13.6. The first-order valence-corrected chi connectivity index (χ1v) is 11.2. The third-order valence-electron chi connectivity index (χ3n) is 5.37. The lowest BCUT2D eigenvalue weighted by atomic mass is 10.2. The molecule has 10 heteroatoms. The van der Waals surface area contributed by atoms with Crippen molar-refractivity contribution in [2.75, 3.05) is 56.8 Å². The molecule has 0 saturated carbocycles. The van der Waals surface area contributed by atoms with Crippen molar-refractivity contribution in [3.05, 3.63) is 54.4 Å². The molecule has 34 heavy (non-hydrogen) atoms. The lowest BCUT2D eigenvalue weighted by Crippen LogP contribution is -2.37. The van der Waals surface area contributed by atoms with E-state index in [-0.39, 0.29) is 0 Å². The molecule has 0 spiro atoms. The van der Waals surface area contributed by atoms with Gasteiger partial charge in [0.15, 0.2) is 5.82 Å². The van der Waals surface area contributed by atoms with E-state index in [4.69, 9.17) is 28.9 Å². The van der Waals surface area contributed by atoms with Gasteiger partial charge in [-0.15, -0.1) is 0 Å². The van der Waals surface area contributed by atoms with Crippen LogP contribution in [0.15, 0.2) is 53.7 Å². The van der Waals surface area contributed by atoms with Crippen molar-refractivity contribution in [1.29, 1.82) is 0 Å². The molecule has 2 aromatic heterocycles. The molecule has 5 rings (SSSR count). The highest BCUT2D eigenvalue weighted by Crippen LogP contribution is 2.36. The van der Waals surface area contributed by atoms with E-state index in [1.807, 2.05) is 36.4 Å². The number of morpholine rings is 1. The molecule has 2 aliphatic heterocycles. The summed E-state index contributed by atoms with van der Waals surface area (Å²) >= 11 is 0. The fourth-order valence-corrected chi connectivity index (χ4v) is 3.75. The number of methoxy groups -OCH3 is 1. The molecule has 0 atom stereocenters. The number of amidine groups is 1. The predicted octanol–water partition coefficient (Wildman–Crippen LogP) is 2.87. The molecular weight excluding hydrogens is 436 g/mol. The van der Waals surface area contributed by atoms with Crippen LogP contribution in [-0.4, -0.2) is 67.4 Å². The van der Waals surface area contributed by atoms with E-state index in [1.165, 1.54) is 0 Å². The Morgan fingerprint density at radius 3 is 2.74 bits per heavy atom. The van der Waals surface area contributed by atoms with Gasteiger partial charge in [-0.2, -0.15) is 9.97 Å². The van der Waals surface area contributed by atoms with E-state index in [1.54, 1.807) is 19.4 Å². The minimum Gasteiger partial charge on any atom is -0.497 e. The third kappa shape index (κ3) is 5.18. The topological polar surface area (TPSA) is 103 Å². The fraction of sp³-hybridized carbons (Fsp3) is 0.333. The number of nitrogens with zero attached hydrogens (tertiary/aromatic N) is 5. The molecular formula is C24H26N6O4. The Bertz CT molecular complexity index is 1150. The predicted molar refractivity (Wildman–Crippen MR) is 128 cm³/mol. The lowest BCUT2D eigenvalue weighted by molar-refractivity contribution is 0.122. The minimum atomic E-state index is 0.299. The maximum Gasteiger partial charge on any atom is 0.318 e. The molecule has 176 valence electrons. The van der Waals surface area contributed by atoms with Gasteiger partial charge in [-0.1, -0.05) is 12.1 Å². The standard InChI is InChI=1S/C24H26N6O4/c1-31-18-6-4-5-17(15-18)26-20-16-19-22(28-20)23(30-9-11-32-12-10-30)29-24(27-19)34-14-13-33-21-7-2-3-8-25-21/h2-8,15H,9-14,16H2,1H3,(H,26,28). The van der Waals surface area contributed by atoms with Crippen molar-refractivity contribution in [3.63, 3.8) is 0 Å². The monoisotopic (exact) mass is 462 g/mol. The van der Waals surface area contributed by atoms with Crippen LogP contribution in [0.3, 0.4) is 0 Å². The average Bonchev–Trinajstić information content (AvgIpc) is 3.29. The van der Waals surface area contributed by atoms with Gasteiger partial charge < -0.3 is 29.2 Å². The second-order valence-corrected chi connectivity index (χ2v) is 7.68. The third-order valence-corrected chi connectivity index (χ3v) is 5.37. The number of ether oxygens (including phenoxy) is 4. The molecule has 2 aliphatic rings. The Morgan fingerprint density at radius 2 is 1.91 bits per heavy atom. The van der Waals surface area contributed by atoms with Gasteiger partial charge in [0, 0.05) is 37.1 Å². The normalized spacial score (nSPS) is 14.9. The van der Waals surface area contributed by atoms with E-state index in [2.05, 4.69) is 20.2 Å². The molecule has 0 unspecified atom stereocenters. The minimum absolute atomic E-state index is 0.299. The van der Waals surface area contributed by atoms with Crippen molar-refractivity contribution in [2.24, 2.45) is 4.99 Å². The van der Waals surface area contributed by atoms with Crippen LogP contribution >= 0.6 is 0 Å². The average molecular weight is 463 g/mol. The Kier molecular flexibility index (Phi) is 6.66. The molecule has 1 saturated heterocycles. The summed E-state index contributed by atoms with van der Waals surface area (Å²) in [4.78, 5) is 20.5. The number of rotatable bonds is 8. The number of hydrogen-bond acceptors (Lipinski definition) is 10. The van der Waals surface area contributed by atoms with Crippen LogP contribution in [-0.2, 0) is 11.2 Å². The summed E-state index contributed by atoms with van der Waals surface area (Å²) in [5, 5.41) is 3.37. The van der Waals surface area contributed by atoms with Crippen molar-refractivity contribution in [3.8, 4) is 17.6 Å². The Balaban J connectivity index is 1.31. The number of anilines is 2. The van der Waals surface area contributed by atoms with Crippen LogP contribution in [0.2, 0.25) is 0 Å². The maximum absolute atomic E-state index is 5.85. The first-order valence-electron chi connectivity index (χ1n) is 11.2. The number of pyridine rings is 1. The maximum atomic E-state index is 5.85. The summed E-state index contributed by atoms with van der Waals surface area (Å²) in [5.41, 5.74) is 2.49. The molecule has 1 aromatic carbocycles. The van der Waals surface area contributed by atoms with Gasteiger partial charge >= 0.3 is 6.01 Å². The molecule has 1 fully saturated rings. The summed E-state index contributed by atoms with van der Waals surface area (Å²) in [5.74, 6) is 2.88. The quantitative estimate of drug-likeness (QED) is 0.506. The highest BCUT2D eigenvalue weighted by atomic mass is 16.5. The van der Waals surface area contributed by atoms with Gasteiger partial charge in [0.2, 0.25) is 5.88 Å². The lowest BCUT2D eigenvalue weighted by Gasteiger charge is -2.28. The number of hydrogen-bond donors (Lipinski definition) is 1. The molecule has 3 aromatic rings. The summed E-state index contributed by atoms with van der Waals surface area (Å²) in [6.45, 7) is 3.40. The molecule has 0 amide bonds. The number of aromatic nitrogens is 3. The van der Waals surface area contributed by atoms with E-state index < -0.39 is 0 Å². The molecule has 0 bridgehead atoms. The van der Waals surface area contributed by atoms with Gasteiger partial charge in [0.1, 0.15) is 30.5 Å². The molecule has 0 aliphatic carbocycles. The second kappa shape index (κ2) is 10.3. The van der Waals surface area contributed by atoms with Crippen LogP contribution in [0.4, 0.5) is 17.2 Å². The number of aliphatic imine (C=N–C) groups is 1. The van der Waals surface area contributed by atoms with Crippen LogP contribution in [0, 0.1) is 0 Å². The van der Waals surface area contributed by atoms with Crippen molar-refractivity contribution >= 4 is 23.0 Å². The van der Waals surface area contributed by atoms with Crippen molar-refractivity contribution in [1.82, 2.24) is 15.0 Å². The number of benzene rings is 1. The van der Waals surface area contributed by atoms with Crippen LogP contribution in [0.1, 0.15) is 5.69 Å². The fourth-order valence-electron chi connectivity index (χ4n) is 3.75. The summed E-state index contributed by atoms with van der Waals surface area (Å²) in [6.07, 6.45) is 2.23. The Morgan fingerprint density at radius 1 is 1.03 bits per heavy atom. The first kappa shape index (κ1) is 21.9. The SMILES string of the molecule is COc1cccc(NC2=Nc3c(nc(OCCOc4ccccn4)nc3N3CCOCC3)C2)c1. The Hall–Kier alpha value is -3.92. The molecule has 10 nitrogen and oxygen atoms in total. The molecule has 4 heterocycles. The zero-order valence-corrected chi connectivity index (χ0v) is 18.9. The van der Waals surface area contributed by atoms with Gasteiger partial charge in [0.05, 0.1) is 32.4 Å². The largest absolute Gasteiger partial charge is 0.497 e. The van der Waals surface area contributed by atoms with Crippen molar-refractivity contribution in [2.45, 2.75) is 6.42 Å². The summed E-state index contributed by atoms with van der Waals surface area (Å²) < 4.78 is 22.3. The molecule has 1 N–H and O–H groups in total. The zero-order chi connectivity index (χ0) is 23.2. The highest BCUT2D eigenvalue weighted by Gasteiger charge is 2.27. The van der Waals surface area contributed by atoms with Gasteiger partial charge in [-0.05, 0) is 18.2 Å². The van der Waals surface area contributed by atoms with Gasteiger partial charge in [-0.3, -0.25) is 0 Å². The van der Waals surface area contributed by atoms with E-state index >= 15 is 0 Å². The number of fused-ring (bicyclic) bond motifs is 1.